The lowest BCUT2D eigenvalue weighted by molar-refractivity contribution is 0.670. The number of hydrogen-bond donors (Lipinski definition) is 0. The molecule has 7 aromatic carbocycles. The SMILES string of the molecule is c1ccc(-c2cc(-c3ccccc3-n3c4ccccc4c4ccccc43)nc(-c3ccccc3-c3cccc4c3oc3ccccc34)n2)cc1. The summed E-state index contributed by atoms with van der Waals surface area (Å²) in [6.45, 7) is 0. The van der Waals surface area contributed by atoms with Gasteiger partial charge in [0.15, 0.2) is 5.82 Å². The Morgan fingerprint density at radius 1 is 0.400 bits per heavy atom. The highest BCUT2D eigenvalue weighted by molar-refractivity contribution is 6.11. The molecule has 0 N–H and O–H groups in total. The monoisotopic (exact) mass is 639 g/mol. The molecule has 234 valence electrons. The van der Waals surface area contributed by atoms with E-state index in [1.807, 2.05) is 18.2 Å². The van der Waals surface area contributed by atoms with E-state index in [1.54, 1.807) is 0 Å². The van der Waals surface area contributed by atoms with Gasteiger partial charge in [-0.3, -0.25) is 0 Å². The van der Waals surface area contributed by atoms with Crippen molar-refractivity contribution in [2.24, 2.45) is 0 Å². The fraction of sp³-hybridized carbons (Fsp3) is 0. The number of hydrogen-bond acceptors (Lipinski definition) is 3. The van der Waals surface area contributed by atoms with Gasteiger partial charge in [-0.1, -0.05) is 146 Å². The molecule has 0 saturated heterocycles. The lowest BCUT2D eigenvalue weighted by atomic mass is 9.96. The van der Waals surface area contributed by atoms with Crippen LogP contribution in [0.15, 0.2) is 180 Å². The summed E-state index contributed by atoms with van der Waals surface area (Å²) in [7, 11) is 0. The third kappa shape index (κ3) is 4.46. The van der Waals surface area contributed by atoms with Crippen LogP contribution in [0.25, 0.3) is 94.5 Å². The number of aromatic nitrogens is 3. The Morgan fingerprint density at radius 3 is 1.74 bits per heavy atom. The molecule has 0 bridgehead atoms. The van der Waals surface area contributed by atoms with Crippen LogP contribution in [-0.2, 0) is 0 Å². The van der Waals surface area contributed by atoms with Crippen LogP contribution in [0.2, 0.25) is 0 Å². The standard InChI is InChI=1S/C46H29N3O/c1-2-15-30(16-3-1)39-29-40(38-22-8-12-27-43(38)49-41-25-10-6-18-32(41)33-19-7-11-26-42(33)49)48-46(47-39)37-21-5-4-17-31(37)35-23-14-24-36-34-20-9-13-28-44(34)50-45(35)36/h1-29H. The first-order valence-corrected chi connectivity index (χ1v) is 16.8. The Hall–Kier alpha value is -6.78. The van der Waals surface area contributed by atoms with Gasteiger partial charge in [0.25, 0.3) is 0 Å². The van der Waals surface area contributed by atoms with E-state index in [-0.39, 0.29) is 0 Å². The van der Waals surface area contributed by atoms with Crippen LogP contribution < -0.4 is 0 Å². The summed E-state index contributed by atoms with van der Waals surface area (Å²) in [6, 6.07) is 61.2. The second kappa shape index (κ2) is 11.4. The molecule has 0 aliphatic rings. The molecule has 0 amide bonds. The van der Waals surface area contributed by atoms with E-state index in [1.165, 1.54) is 10.8 Å². The second-order valence-electron chi connectivity index (χ2n) is 12.5. The first-order valence-electron chi connectivity index (χ1n) is 16.8. The van der Waals surface area contributed by atoms with E-state index in [2.05, 4.69) is 162 Å². The van der Waals surface area contributed by atoms with Crippen molar-refractivity contribution in [2.75, 3.05) is 0 Å². The fourth-order valence-corrected chi connectivity index (χ4v) is 7.40. The molecule has 0 aliphatic carbocycles. The Bertz CT molecular complexity index is 2830. The van der Waals surface area contributed by atoms with Crippen molar-refractivity contribution in [1.82, 2.24) is 14.5 Å². The molecule has 0 atom stereocenters. The van der Waals surface area contributed by atoms with Gasteiger partial charge in [0.05, 0.1) is 28.1 Å². The quantitative estimate of drug-likeness (QED) is 0.188. The maximum absolute atomic E-state index is 6.50. The minimum Gasteiger partial charge on any atom is -0.455 e. The molecule has 0 radical (unpaired) electrons. The number of para-hydroxylation sites is 5. The van der Waals surface area contributed by atoms with Gasteiger partial charge in [-0.15, -0.1) is 0 Å². The average molecular weight is 640 g/mol. The van der Waals surface area contributed by atoms with Crippen molar-refractivity contribution in [3.05, 3.63) is 176 Å². The zero-order chi connectivity index (χ0) is 33.0. The summed E-state index contributed by atoms with van der Waals surface area (Å²) < 4.78 is 8.86. The number of fused-ring (bicyclic) bond motifs is 6. The highest BCUT2D eigenvalue weighted by atomic mass is 16.3. The van der Waals surface area contributed by atoms with Gasteiger partial charge in [-0.2, -0.15) is 0 Å². The predicted molar refractivity (Wildman–Crippen MR) is 205 cm³/mol. The normalized spacial score (nSPS) is 11.6. The molecule has 0 saturated carbocycles. The number of furan rings is 1. The van der Waals surface area contributed by atoms with E-state index >= 15 is 0 Å². The first-order chi connectivity index (χ1) is 24.8. The van der Waals surface area contributed by atoms with Gasteiger partial charge >= 0.3 is 0 Å². The number of nitrogens with zero attached hydrogens (tertiary/aromatic N) is 3. The molecule has 0 fully saturated rings. The topological polar surface area (TPSA) is 43.9 Å². The molecule has 50 heavy (non-hydrogen) atoms. The molecule has 10 aromatic rings. The Morgan fingerprint density at radius 2 is 0.960 bits per heavy atom. The second-order valence-corrected chi connectivity index (χ2v) is 12.5. The maximum atomic E-state index is 6.50. The van der Waals surface area contributed by atoms with E-state index in [0.29, 0.717) is 5.82 Å². The number of rotatable bonds is 5. The predicted octanol–water partition coefficient (Wildman–Crippen LogP) is 12.1. The van der Waals surface area contributed by atoms with Gasteiger partial charge in [0, 0.05) is 43.8 Å². The van der Waals surface area contributed by atoms with Crippen LogP contribution in [-0.4, -0.2) is 14.5 Å². The van der Waals surface area contributed by atoms with Crippen molar-refractivity contribution in [1.29, 1.82) is 0 Å². The van der Waals surface area contributed by atoms with Crippen LogP contribution >= 0.6 is 0 Å². The summed E-state index contributed by atoms with van der Waals surface area (Å²) in [5.41, 5.74) is 11.8. The van der Waals surface area contributed by atoms with Crippen molar-refractivity contribution in [3.63, 3.8) is 0 Å². The molecule has 3 aromatic heterocycles. The highest BCUT2D eigenvalue weighted by Gasteiger charge is 2.20. The van der Waals surface area contributed by atoms with E-state index < -0.39 is 0 Å². The van der Waals surface area contributed by atoms with Gasteiger partial charge in [0.2, 0.25) is 0 Å². The first kappa shape index (κ1) is 28.3. The van der Waals surface area contributed by atoms with E-state index in [9.17, 15) is 0 Å². The van der Waals surface area contributed by atoms with Gasteiger partial charge in [0.1, 0.15) is 11.2 Å². The van der Waals surface area contributed by atoms with Crippen molar-refractivity contribution in [2.45, 2.75) is 0 Å². The molecule has 0 aliphatic heterocycles. The Kier molecular flexibility index (Phi) is 6.46. The van der Waals surface area contributed by atoms with Gasteiger partial charge < -0.3 is 8.98 Å². The molecule has 0 unspecified atom stereocenters. The molecule has 4 heteroatoms. The third-order valence-electron chi connectivity index (χ3n) is 9.66. The van der Waals surface area contributed by atoms with Gasteiger partial charge in [-0.25, -0.2) is 9.97 Å². The summed E-state index contributed by atoms with van der Waals surface area (Å²) in [4.78, 5) is 10.6. The Balaban J connectivity index is 1.23. The highest BCUT2D eigenvalue weighted by Crippen LogP contribution is 2.41. The van der Waals surface area contributed by atoms with Crippen LogP contribution in [0, 0.1) is 0 Å². The molecule has 4 nitrogen and oxygen atoms in total. The van der Waals surface area contributed by atoms with Crippen molar-refractivity contribution >= 4 is 43.7 Å². The Labute approximate surface area is 288 Å². The van der Waals surface area contributed by atoms with Crippen molar-refractivity contribution in [3.8, 4) is 50.7 Å². The van der Waals surface area contributed by atoms with E-state index in [0.717, 1.165) is 77.9 Å². The van der Waals surface area contributed by atoms with E-state index in [4.69, 9.17) is 14.4 Å². The molecular formula is C46H29N3O. The number of benzene rings is 7. The molecule has 10 rings (SSSR count). The zero-order valence-electron chi connectivity index (χ0n) is 27.0. The zero-order valence-corrected chi connectivity index (χ0v) is 27.0. The van der Waals surface area contributed by atoms with Gasteiger partial charge in [-0.05, 0) is 35.9 Å². The lowest BCUT2D eigenvalue weighted by Gasteiger charge is -2.16. The minimum atomic E-state index is 0.655. The molecule has 3 heterocycles. The smallest absolute Gasteiger partial charge is 0.161 e. The van der Waals surface area contributed by atoms with Crippen LogP contribution in [0.4, 0.5) is 0 Å². The minimum absolute atomic E-state index is 0.655. The van der Waals surface area contributed by atoms with Crippen LogP contribution in [0.3, 0.4) is 0 Å². The third-order valence-corrected chi connectivity index (χ3v) is 9.66. The summed E-state index contributed by atoms with van der Waals surface area (Å²) in [6.07, 6.45) is 0. The largest absolute Gasteiger partial charge is 0.455 e. The van der Waals surface area contributed by atoms with Crippen LogP contribution in [0.1, 0.15) is 0 Å². The molecule has 0 spiro atoms. The van der Waals surface area contributed by atoms with Crippen LogP contribution in [0.5, 0.6) is 0 Å². The fourth-order valence-electron chi connectivity index (χ4n) is 7.40. The summed E-state index contributed by atoms with van der Waals surface area (Å²) in [5.74, 6) is 0.655. The molecular weight excluding hydrogens is 611 g/mol. The van der Waals surface area contributed by atoms with Crippen molar-refractivity contribution < 1.29 is 4.42 Å². The summed E-state index contributed by atoms with van der Waals surface area (Å²) in [5, 5.41) is 4.64. The lowest BCUT2D eigenvalue weighted by Crippen LogP contribution is -2.01. The summed E-state index contributed by atoms with van der Waals surface area (Å²) >= 11 is 0. The average Bonchev–Trinajstić information content (AvgIpc) is 3.74. The maximum Gasteiger partial charge on any atom is 0.161 e.